The zero-order chi connectivity index (χ0) is 21.6. The van der Waals surface area contributed by atoms with E-state index in [2.05, 4.69) is 15.7 Å². The topological polar surface area (TPSA) is 88.5 Å². The molecule has 3 amide bonds. The molecule has 0 spiro atoms. The van der Waals surface area contributed by atoms with Gasteiger partial charge in [-0.25, -0.2) is 14.3 Å². The summed E-state index contributed by atoms with van der Waals surface area (Å²) in [5.74, 6) is 0. The maximum absolute atomic E-state index is 12.1. The average Bonchev–Trinajstić information content (AvgIpc) is 2.93. The first kappa shape index (κ1) is 22.3. The Labute approximate surface area is 172 Å². The molecular formula is C21H31N5O3. The van der Waals surface area contributed by atoms with Crippen molar-refractivity contribution in [3.8, 4) is 5.69 Å². The summed E-state index contributed by atoms with van der Waals surface area (Å²) in [6.07, 6.45) is -0.417. The van der Waals surface area contributed by atoms with E-state index in [4.69, 9.17) is 4.74 Å². The van der Waals surface area contributed by atoms with Gasteiger partial charge < -0.3 is 20.3 Å². The minimum atomic E-state index is -0.546. The molecule has 2 N–H and O–H groups in total. The number of likely N-dealkylation sites (N-methyl/N-ethyl adjacent to an activating group) is 1. The average molecular weight is 402 g/mol. The van der Waals surface area contributed by atoms with Crippen molar-refractivity contribution in [2.24, 2.45) is 0 Å². The van der Waals surface area contributed by atoms with E-state index >= 15 is 0 Å². The highest BCUT2D eigenvalue weighted by Crippen LogP contribution is 2.17. The van der Waals surface area contributed by atoms with E-state index in [0.29, 0.717) is 19.6 Å². The fourth-order valence-corrected chi connectivity index (χ4v) is 2.75. The molecule has 2 rings (SSSR count). The summed E-state index contributed by atoms with van der Waals surface area (Å²) < 4.78 is 7.15. The quantitative estimate of drug-likeness (QED) is 0.778. The summed E-state index contributed by atoms with van der Waals surface area (Å²) in [5, 5.41) is 10.2. The first-order valence-corrected chi connectivity index (χ1v) is 9.65. The number of para-hydroxylation sites is 1. The Kier molecular flexibility index (Phi) is 7.25. The molecule has 0 atom stereocenters. The maximum Gasteiger partial charge on any atom is 0.410 e. The summed E-state index contributed by atoms with van der Waals surface area (Å²) in [5.41, 5.74) is 3.27. The molecule has 29 heavy (non-hydrogen) atoms. The lowest BCUT2D eigenvalue weighted by Crippen LogP contribution is -2.42. The van der Waals surface area contributed by atoms with Crippen LogP contribution in [-0.2, 0) is 11.3 Å². The minimum Gasteiger partial charge on any atom is -0.444 e. The molecule has 0 fully saturated rings. The molecule has 0 aliphatic rings. The number of rotatable bonds is 6. The number of aromatic nitrogens is 2. The van der Waals surface area contributed by atoms with Crippen molar-refractivity contribution in [3.05, 3.63) is 47.3 Å². The number of nitrogens with one attached hydrogen (secondary N) is 2. The van der Waals surface area contributed by atoms with Crippen LogP contribution >= 0.6 is 0 Å². The molecular weight excluding hydrogens is 370 g/mol. The Morgan fingerprint density at radius 3 is 2.41 bits per heavy atom. The summed E-state index contributed by atoms with van der Waals surface area (Å²) in [4.78, 5) is 25.5. The first-order chi connectivity index (χ1) is 13.6. The van der Waals surface area contributed by atoms with Gasteiger partial charge in [0.1, 0.15) is 5.60 Å². The minimum absolute atomic E-state index is 0.297. The van der Waals surface area contributed by atoms with Gasteiger partial charge in [0.05, 0.1) is 11.4 Å². The van der Waals surface area contributed by atoms with Crippen molar-refractivity contribution in [2.45, 2.75) is 46.8 Å². The van der Waals surface area contributed by atoms with Crippen LogP contribution in [0.15, 0.2) is 30.3 Å². The van der Waals surface area contributed by atoms with Crippen LogP contribution in [0.25, 0.3) is 5.69 Å². The Balaban J connectivity index is 1.83. The number of benzene rings is 1. The van der Waals surface area contributed by atoms with E-state index in [1.165, 1.54) is 4.90 Å². The molecule has 8 heteroatoms. The summed E-state index contributed by atoms with van der Waals surface area (Å²) in [6.45, 7) is 10.4. The molecule has 0 radical (unpaired) electrons. The van der Waals surface area contributed by atoms with Gasteiger partial charge in [-0.3, -0.25) is 0 Å². The second-order valence-corrected chi connectivity index (χ2v) is 7.91. The fraction of sp³-hybridized carbons (Fsp3) is 0.476. The van der Waals surface area contributed by atoms with E-state index in [-0.39, 0.29) is 6.03 Å². The molecule has 0 unspecified atom stereocenters. The van der Waals surface area contributed by atoms with Gasteiger partial charge in [-0.2, -0.15) is 5.10 Å². The van der Waals surface area contributed by atoms with Crippen LogP contribution in [0.1, 0.15) is 37.7 Å². The molecule has 1 aromatic heterocycles. The van der Waals surface area contributed by atoms with Crippen LogP contribution in [0.2, 0.25) is 0 Å². The number of hydrogen-bond donors (Lipinski definition) is 2. The summed E-state index contributed by atoms with van der Waals surface area (Å²) in [6, 6.07) is 9.57. The largest absolute Gasteiger partial charge is 0.444 e. The standard InChI is InChI=1S/C21H31N5O3/c1-15-18(16(2)26(24-15)17-10-8-7-9-11-17)14-23-19(27)22-12-13-25(6)20(28)29-21(3,4)5/h7-11H,12-14H2,1-6H3,(H2,22,23,27). The Morgan fingerprint density at radius 1 is 1.14 bits per heavy atom. The van der Waals surface area contributed by atoms with Crippen LogP contribution < -0.4 is 10.6 Å². The molecule has 158 valence electrons. The normalized spacial score (nSPS) is 11.1. The number of hydrogen-bond acceptors (Lipinski definition) is 4. The SMILES string of the molecule is Cc1nn(-c2ccccc2)c(C)c1CNC(=O)NCCN(C)C(=O)OC(C)(C)C. The zero-order valence-corrected chi connectivity index (χ0v) is 18.1. The zero-order valence-electron chi connectivity index (χ0n) is 18.1. The molecule has 0 aliphatic carbocycles. The van der Waals surface area contributed by atoms with Crippen LogP contribution in [0.3, 0.4) is 0 Å². The van der Waals surface area contributed by atoms with E-state index in [0.717, 1.165) is 22.6 Å². The molecule has 2 aromatic rings. The number of carbonyl (C=O) groups excluding carboxylic acids is 2. The maximum atomic E-state index is 12.1. The summed E-state index contributed by atoms with van der Waals surface area (Å²) >= 11 is 0. The predicted molar refractivity (Wildman–Crippen MR) is 112 cm³/mol. The van der Waals surface area contributed by atoms with Crippen molar-refractivity contribution in [1.82, 2.24) is 25.3 Å². The lowest BCUT2D eigenvalue weighted by molar-refractivity contribution is 0.0301. The highest BCUT2D eigenvalue weighted by atomic mass is 16.6. The van der Waals surface area contributed by atoms with Gasteiger partial charge in [0.2, 0.25) is 0 Å². The third-order valence-corrected chi connectivity index (χ3v) is 4.31. The number of amides is 3. The van der Waals surface area contributed by atoms with Crippen LogP contribution in [0.5, 0.6) is 0 Å². The lowest BCUT2D eigenvalue weighted by Gasteiger charge is -2.24. The van der Waals surface area contributed by atoms with Crippen LogP contribution in [0, 0.1) is 13.8 Å². The molecule has 0 saturated carbocycles. The van der Waals surface area contributed by atoms with E-state index in [1.807, 2.05) is 69.6 Å². The van der Waals surface area contributed by atoms with Gasteiger partial charge in [0.15, 0.2) is 0 Å². The Hall–Kier alpha value is -3.03. The smallest absolute Gasteiger partial charge is 0.410 e. The van der Waals surface area contributed by atoms with Crippen molar-refractivity contribution < 1.29 is 14.3 Å². The van der Waals surface area contributed by atoms with Gasteiger partial charge in [-0.15, -0.1) is 0 Å². The molecule has 0 bridgehead atoms. The van der Waals surface area contributed by atoms with E-state index in [9.17, 15) is 9.59 Å². The third kappa shape index (κ3) is 6.51. The highest BCUT2D eigenvalue weighted by molar-refractivity contribution is 5.74. The van der Waals surface area contributed by atoms with Crippen LogP contribution in [0.4, 0.5) is 9.59 Å². The fourth-order valence-electron chi connectivity index (χ4n) is 2.75. The lowest BCUT2D eigenvalue weighted by atomic mass is 10.2. The van der Waals surface area contributed by atoms with Crippen molar-refractivity contribution in [3.63, 3.8) is 0 Å². The monoisotopic (exact) mass is 401 g/mol. The molecule has 1 heterocycles. The van der Waals surface area contributed by atoms with Crippen molar-refractivity contribution in [1.29, 1.82) is 0 Å². The number of carbonyl (C=O) groups is 2. The number of urea groups is 1. The second-order valence-electron chi connectivity index (χ2n) is 7.91. The Morgan fingerprint density at radius 2 is 1.79 bits per heavy atom. The molecule has 1 aromatic carbocycles. The second kappa shape index (κ2) is 9.45. The molecule has 8 nitrogen and oxygen atoms in total. The number of nitrogens with zero attached hydrogens (tertiary/aromatic N) is 3. The predicted octanol–water partition coefficient (Wildman–Crippen LogP) is 3.16. The van der Waals surface area contributed by atoms with Crippen LogP contribution in [-0.4, -0.2) is 52.5 Å². The third-order valence-electron chi connectivity index (χ3n) is 4.31. The number of aryl methyl sites for hydroxylation is 1. The van der Waals surface area contributed by atoms with E-state index in [1.54, 1.807) is 7.05 Å². The van der Waals surface area contributed by atoms with E-state index < -0.39 is 11.7 Å². The van der Waals surface area contributed by atoms with Gasteiger partial charge in [0, 0.05) is 37.9 Å². The van der Waals surface area contributed by atoms with Gasteiger partial charge in [-0.1, -0.05) is 18.2 Å². The van der Waals surface area contributed by atoms with Gasteiger partial charge >= 0.3 is 12.1 Å². The highest BCUT2D eigenvalue weighted by Gasteiger charge is 2.19. The number of ether oxygens (including phenoxy) is 1. The Bertz CT molecular complexity index is 840. The van der Waals surface area contributed by atoms with Crippen molar-refractivity contribution >= 4 is 12.1 Å². The van der Waals surface area contributed by atoms with Gasteiger partial charge in [-0.05, 0) is 46.8 Å². The molecule has 0 saturated heterocycles. The molecule has 0 aliphatic heterocycles. The summed E-state index contributed by atoms with van der Waals surface area (Å²) in [7, 11) is 1.64. The first-order valence-electron chi connectivity index (χ1n) is 9.65. The van der Waals surface area contributed by atoms with Gasteiger partial charge in [0.25, 0.3) is 0 Å². The van der Waals surface area contributed by atoms with Crippen molar-refractivity contribution in [2.75, 3.05) is 20.1 Å².